The van der Waals surface area contributed by atoms with Gasteiger partial charge in [0.05, 0.1) is 0 Å². The van der Waals surface area contributed by atoms with Crippen molar-refractivity contribution in [2.24, 2.45) is 4.99 Å². The van der Waals surface area contributed by atoms with Crippen molar-refractivity contribution >= 4 is 17.3 Å². The number of nitrogens with zero attached hydrogens (tertiary/aromatic N) is 1. The van der Waals surface area contributed by atoms with E-state index in [1.807, 2.05) is 13.0 Å². The molecule has 0 atom stereocenters. The number of benzene rings is 1. The Morgan fingerprint density at radius 2 is 2.23 bits per heavy atom. The van der Waals surface area contributed by atoms with E-state index >= 15 is 0 Å². The summed E-state index contributed by atoms with van der Waals surface area (Å²) in [5, 5.41) is 0. The molecule has 0 spiro atoms. The molecule has 0 aromatic heterocycles. The summed E-state index contributed by atoms with van der Waals surface area (Å²) in [6.45, 7) is 1.84. The van der Waals surface area contributed by atoms with Crippen LogP contribution in [0.2, 0.25) is 0 Å². The average molecular weight is 174 g/mol. The number of anilines is 1. The molecule has 1 amide bonds. The summed E-state index contributed by atoms with van der Waals surface area (Å²) in [7, 11) is 0. The first-order valence-electron chi connectivity index (χ1n) is 4.14. The van der Waals surface area contributed by atoms with Gasteiger partial charge in [-0.1, -0.05) is 6.07 Å². The van der Waals surface area contributed by atoms with Gasteiger partial charge in [0.2, 0.25) is 0 Å². The van der Waals surface area contributed by atoms with E-state index in [0.29, 0.717) is 17.7 Å². The maximum atomic E-state index is 11.4. The number of hydrogen-bond acceptors (Lipinski definition) is 2. The minimum atomic E-state index is -0.175. The van der Waals surface area contributed by atoms with Crippen LogP contribution >= 0.6 is 0 Å². The number of aliphatic imine (C=N–C) groups is 1. The molecule has 1 heterocycles. The molecule has 13 heavy (non-hydrogen) atoms. The van der Waals surface area contributed by atoms with Crippen molar-refractivity contribution < 1.29 is 4.79 Å². The van der Waals surface area contributed by atoms with Gasteiger partial charge in [-0.2, -0.15) is 0 Å². The van der Waals surface area contributed by atoms with Crippen LogP contribution in [0.15, 0.2) is 23.2 Å². The lowest BCUT2D eigenvalue weighted by Gasteiger charge is -2.14. The van der Waals surface area contributed by atoms with E-state index in [1.165, 1.54) is 0 Å². The maximum Gasteiger partial charge on any atom is 0.277 e. The van der Waals surface area contributed by atoms with Crippen LogP contribution in [0, 0.1) is 0 Å². The third kappa shape index (κ3) is 1.22. The second-order valence-electron chi connectivity index (χ2n) is 3.20. The molecule has 0 radical (unpaired) electrons. The Morgan fingerprint density at radius 3 is 3.00 bits per heavy atom. The summed E-state index contributed by atoms with van der Waals surface area (Å²) in [5.41, 5.74) is 8.83. The summed E-state index contributed by atoms with van der Waals surface area (Å²) in [4.78, 5) is 15.3. The van der Waals surface area contributed by atoms with Gasteiger partial charge in [0.1, 0.15) is 0 Å². The fourth-order valence-corrected chi connectivity index (χ4v) is 1.53. The van der Waals surface area contributed by atoms with E-state index in [4.69, 9.17) is 5.73 Å². The highest BCUT2D eigenvalue weighted by molar-refractivity contribution is 6.09. The molecule has 3 nitrogen and oxygen atoms in total. The van der Waals surface area contributed by atoms with Crippen molar-refractivity contribution in [2.75, 3.05) is 5.73 Å². The SMILES string of the molecule is CC1=NC(=O)c2cccc(N)c2C1. The molecule has 0 saturated heterocycles. The van der Waals surface area contributed by atoms with Gasteiger partial charge in [-0.25, -0.2) is 4.99 Å². The molecule has 0 saturated carbocycles. The summed E-state index contributed by atoms with van der Waals surface area (Å²) in [5.74, 6) is -0.175. The van der Waals surface area contributed by atoms with Gasteiger partial charge in [0, 0.05) is 23.4 Å². The van der Waals surface area contributed by atoms with E-state index in [-0.39, 0.29) is 5.91 Å². The maximum absolute atomic E-state index is 11.4. The number of nitrogen functional groups attached to an aromatic ring is 1. The molecule has 2 rings (SSSR count). The highest BCUT2D eigenvalue weighted by Crippen LogP contribution is 2.22. The number of fused-ring (bicyclic) bond motifs is 1. The zero-order valence-electron chi connectivity index (χ0n) is 7.37. The molecule has 1 aliphatic rings. The molecule has 1 aliphatic heterocycles. The smallest absolute Gasteiger partial charge is 0.277 e. The van der Waals surface area contributed by atoms with Crippen LogP contribution in [-0.4, -0.2) is 11.6 Å². The van der Waals surface area contributed by atoms with Crippen LogP contribution in [0.4, 0.5) is 5.69 Å². The molecular formula is C10H10N2O. The summed E-state index contributed by atoms with van der Waals surface area (Å²) >= 11 is 0. The lowest BCUT2D eigenvalue weighted by Crippen LogP contribution is -2.15. The third-order valence-electron chi connectivity index (χ3n) is 2.17. The van der Waals surface area contributed by atoms with E-state index in [1.54, 1.807) is 12.1 Å². The van der Waals surface area contributed by atoms with Crippen molar-refractivity contribution in [2.45, 2.75) is 13.3 Å². The lowest BCUT2D eigenvalue weighted by molar-refractivity contribution is 0.1000. The first-order valence-corrected chi connectivity index (χ1v) is 4.14. The zero-order chi connectivity index (χ0) is 9.42. The van der Waals surface area contributed by atoms with Crippen molar-refractivity contribution in [3.05, 3.63) is 29.3 Å². The average Bonchev–Trinajstić information content (AvgIpc) is 2.07. The Balaban J connectivity index is 2.62. The van der Waals surface area contributed by atoms with Crippen molar-refractivity contribution in [3.63, 3.8) is 0 Å². The third-order valence-corrected chi connectivity index (χ3v) is 2.17. The first-order chi connectivity index (χ1) is 6.18. The van der Waals surface area contributed by atoms with Crippen LogP contribution < -0.4 is 5.73 Å². The van der Waals surface area contributed by atoms with Crippen molar-refractivity contribution in [1.82, 2.24) is 0 Å². The quantitative estimate of drug-likeness (QED) is 0.605. The van der Waals surface area contributed by atoms with Gasteiger partial charge in [-0.15, -0.1) is 0 Å². The number of rotatable bonds is 0. The Morgan fingerprint density at radius 1 is 1.46 bits per heavy atom. The molecule has 66 valence electrons. The van der Waals surface area contributed by atoms with Gasteiger partial charge in [-0.3, -0.25) is 4.79 Å². The van der Waals surface area contributed by atoms with Gasteiger partial charge in [0.15, 0.2) is 0 Å². The molecule has 0 unspecified atom stereocenters. The molecule has 1 aromatic carbocycles. The summed E-state index contributed by atoms with van der Waals surface area (Å²) in [6, 6.07) is 5.36. The molecule has 0 bridgehead atoms. The van der Waals surface area contributed by atoms with Crippen LogP contribution in [0.5, 0.6) is 0 Å². The largest absolute Gasteiger partial charge is 0.398 e. The molecule has 1 aromatic rings. The zero-order valence-corrected chi connectivity index (χ0v) is 7.37. The molecule has 0 fully saturated rings. The predicted octanol–water partition coefficient (Wildman–Crippen LogP) is 1.43. The van der Waals surface area contributed by atoms with E-state index < -0.39 is 0 Å². The fourth-order valence-electron chi connectivity index (χ4n) is 1.53. The number of hydrogen-bond donors (Lipinski definition) is 1. The Kier molecular flexibility index (Phi) is 1.65. The predicted molar refractivity (Wildman–Crippen MR) is 52.0 cm³/mol. The number of carbonyl (C=O) groups excluding carboxylic acids is 1. The van der Waals surface area contributed by atoms with E-state index in [0.717, 1.165) is 11.3 Å². The number of amides is 1. The second kappa shape index (κ2) is 2.69. The topological polar surface area (TPSA) is 55.5 Å². The van der Waals surface area contributed by atoms with Crippen molar-refractivity contribution in [3.8, 4) is 0 Å². The summed E-state index contributed by atoms with van der Waals surface area (Å²) in [6.07, 6.45) is 0.688. The highest BCUT2D eigenvalue weighted by atomic mass is 16.1. The van der Waals surface area contributed by atoms with Gasteiger partial charge >= 0.3 is 0 Å². The number of carbonyl (C=O) groups is 1. The minimum absolute atomic E-state index is 0.175. The Bertz CT molecular complexity index is 407. The number of nitrogens with two attached hydrogens (primary N) is 1. The normalized spacial score (nSPS) is 15.2. The fraction of sp³-hybridized carbons (Fsp3) is 0.200. The van der Waals surface area contributed by atoms with Crippen LogP contribution in [0.3, 0.4) is 0 Å². The molecule has 3 heteroatoms. The van der Waals surface area contributed by atoms with Gasteiger partial charge < -0.3 is 5.73 Å². The Hall–Kier alpha value is -1.64. The standard InChI is InChI=1S/C10H10N2O/c1-6-5-8-7(10(13)12-6)3-2-4-9(8)11/h2-4H,5,11H2,1H3. The van der Waals surface area contributed by atoms with Crippen LogP contribution in [0.25, 0.3) is 0 Å². The minimum Gasteiger partial charge on any atom is -0.398 e. The highest BCUT2D eigenvalue weighted by Gasteiger charge is 2.18. The molecule has 2 N–H and O–H groups in total. The van der Waals surface area contributed by atoms with E-state index in [2.05, 4.69) is 4.99 Å². The van der Waals surface area contributed by atoms with Crippen LogP contribution in [0.1, 0.15) is 22.8 Å². The first kappa shape index (κ1) is 7.98. The van der Waals surface area contributed by atoms with Crippen molar-refractivity contribution in [1.29, 1.82) is 0 Å². The van der Waals surface area contributed by atoms with Gasteiger partial charge in [0.25, 0.3) is 5.91 Å². The van der Waals surface area contributed by atoms with E-state index in [9.17, 15) is 4.79 Å². The lowest BCUT2D eigenvalue weighted by atomic mass is 9.97. The van der Waals surface area contributed by atoms with Crippen LogP contribution in [-0.2, 0) is 6.42 Å². The monoisotopic (exact) mass is 174 g/mol. The molecular weight excluding hydrogens is 164 g/mol. The summed E-state index contributed by atoms with van der Waals surface area (Å²) < 4.78 is 0. The Labute approximate surface area is 76.3 Å². The van der Waals surface area contributed by atoms with Gasteiger partial charge in [-0.05, 0) is 24.6 Å². The molecule has 0 aliphatic carbocycles. The second-order valence-corrected chi connectivity index (χ2v) is 3.20.